The summed E-state index contributed by atoms with van der Waals surface area (Å²) < 4.78 is 0. The van der Waals surface area contributed by atoms with Crippen LogP contribution < -0.4 is 11.1 Å². The Morgan fingerprint density at radius 3 is 2.44 bits per heavy atom. The molecule has 0 atom stereocenters. The SMILES string of the molecule is NCc1ccc(C(=O)NC2CC=CC2)cc1. The van der Waals surface area contributed by atoms with Crippen molar-refractivity contribution in [1.29, 1.82) is 0 Å². The zero-order chi connectivity index (χ0) is 11.4. The molecule has 0 aliphatic heterocycles. The maximum atomic E-state index is 11.8. The molecule has 0 spiro atoms. The zero-order valence-electron chi connectivity index (χ0n) is 9.15. The average molecular weight is 216 g/mol. The quantitative estimate of drug-likeness (QED) is 0.754. The molecule has 0 saturated carbocycles. The van der Waals surface area contributed by atoms with Gasteiger partial charge in [-0.05, 0) is 30.5 Å². The first-order chi connectivity index (χ1) is 7.79. The highest BCUT2D eigenvalue weighted by Gasteiger charge is 2.14. The lowest BCUT2D eigenvalue weighted by Gasteiger charge is -2.12. The van der Waals surface area contributed by atoms with Gasteiger partial charge in [0.15, 0.2) is 0 Å². The van der Waals surface area contributed by atoms with Crippen molar-refractivity contribution < 1.29 is 4.79 Å². The van der Waals surface area contributed by atoms with Crippen molar-refractivity contribution in [2.24, 2.45) is 5.73 Å². The molecule has 0 radical (unpaired) electrons. The lowest BCUT2D eigenvalue weighted by molar-refractivity contribution is 0.0939. The summed E-state index contributed by atoms with van der Waals surface area (Å²) >= 11 is 0. The van der Waals surface area contributed by atoms with Crippen molar-refractivity contribution in [1.82, 2.24) is 5.32 Å². The molecule has 1 aliphatic carbocycles. The molecule has 0 saturated heterocycles. The van der Waals surface area contributed by atoms with E-state index in [1.807, 2.05) is 24.3 Å². The fourth-order valence-corrected chi connectivity index (χ4v) is 1.80. The molecule has 1 aliphatic rings. The predicted molar refractivity (Wildman–Crippen MR) is 64.0 cm³/mol. The van der Waals surface area contributed by atoms with Gasteiger partial charge >= 0.3 is 0 Å². The number of nitrogens with two attached hydrogens (primary N) is 1. The van der Waals surface area contributed by atoms with Gasteiger partial charge in [-0.1, -0.05) is 24.3 Å². The Bertz CT molecular complexity index is 387. The van der Waals surface area contributed by atoms with E-state index in [2.05, 4.69) is 17.5 Å². The van der Waals surface area contributed by atoms with Crippen molar-refractivity contribution in [3.63, 3.8) is 0 Å². The summed E-state index contributed by atoms with van der Waals surface area (Å²) in [6.07, 6.45) is 6.07. The van der Waals surface area contributed by atoms with Gasteiger partial charge in [0.2, 0.25) is 0 Å². The number of carbonyl (C=O) groups excluding carboxylic acids is 1. The lowest BCUT2D eigenvalue weighted by Crippen LogP contribution is -2.32. The Morgan fingerprint density at radius 2 is 1.88 bits per heavy atom. The van der Waals surface area contributed by atoms with Crippen LogP contribution in [0.25, 0.3) is 0 Å². The van der Waals surface area contributed by atoms with Gasteiger partial charge < -0.3 is 11.1 Å². The van der Waals surface area contributed by atoms with Gasteiger partial charge in [-0.2, -0.15) is 0 Å². The summed E-state index contributed by atoms with van der Waals surface area (Å²) in [5, 5.41) is 3.00. The Morgan fingerprint density at radius 1 is 1.25 bits per heavy atom. The summed E-state index contributed by atoms with van der Waals surface area (Å²) in [7, 11) is 0. The van der Waals surface area contributed by atoms with Gasteiger partial charge in [0.1, 0.15) is 0 Å². The predicted octanol–water partition coefficient (Wildman–Crippen LogP) is 1.59. The Kier molecular flexibility index (Phi) is 3.37. The summed E-state index contributed by atoms with van der Waals surface area (Å²) in [5.41, 5.74) is 7.24. The van der Waals surface area contributed by atoms with Crippen LogP contribution >= 0.6 is 0 Å². The van der Waals surface area contributed by atoms with Crippen molar-refractivity contribution in [3.8, 4) is 0 Å². The molecule has 0 aromatic heterocycles. The van der Waals surface area contributed by atoms with Crippen molar-refractivity contribution >= 4 is 5.91 Å². The molecule has 3 heteroatoms. The van der Waals surface area contributed by atoms with Crippen LogP contribution in [0.3, 0.4) is 0 Å². The number of carbonyl (C=O) groups is 1. The summed E-state index contributed by atoms with van der Waals surface area (Å²) in [6.45, 7) is 0.508. The van der Waals surface area contributed by atoms with Gasteiger partial charge in [0.05, 0.1) is 0 Å². The van der Waals surface area contributed by atoms with Crippen LogP contribution in [-0.2, 0) is 6.54 Å². The highest BCUT2D eigenvalue weighted by molar-refractivity contribution is 5.94. The second-order valence-corrected chi connectivity index (χ2v) is 4.01. The fraction of sp³-hybridized carbons (Fsp3) is 0.308. The van der Waals surface area contributed by atoms with Crippen molar-refractivity contribution in [2.45, 2.75) is 25.4 Å². The fourth-order valence-electron chi connectivity index (χ4n) is 1.80. The molecule has 2 rings (SSSR count). The van der Waals surface area contributed by atoms with Crippen LogP contribution in [-0.4, -0.2) is 11.9 Å². The van der Waals surface area contributed by atoms with Crippen LogP contribution in [0.1, 0.15) is 28.8 Å². The molecule has 1 aromatic rings. The molecule has 0 unspecified atom stereocenters. The molecule has 16 heavy (non-hydrogen) atoms. The highest BCUT2D eigenvalue weighted by atomic mass is 16.1. The first-order valence-electron chi connectivity index (χ1n) is 5.54. The number of hydrogen-bond acceptors (Lipinski definition) is 2. The monoisotopic (exact) mass is 216 g/mol. The van der Waals surface area contributed by atoms with E-state index in [1.165, 1.54) is 0 Å². The number of benzene rings is 1. The van der Waals surface area contributed by atoms with E-state index in [1.54, 1.807) is 0 Å². The molecule has 0 fully saturated rings. The molecular weight excluding hydrogens is 200 g/mol. The van der Waals surface area contributed by atoms with Gasteiger partial charge in [-0.3, -0.25) is 4.79 Å². The van der Waals surface area contributed by atoms with Crippen molar-refractivity contribution in [3.05, 3.63) is 47.5 Å². The van der Waals surface area contributed by atoms with Gasteiger partial charge in [0.25, 0.3) is 5.91 Å². The van der Waals surface area contributed by atoms with Crippen LogP contribution in [0.15, 0.2) is 36.4 Å². The topological polar surface area (TPSA) is 55.1 Å². The van der Waals surface area contributed by atoms with E-state index >= 15 is 0 Å². The van der Waals surface area contributed by atoms with E-state index in [4.69, 9.17) is 5.73 Å². The van der Waals surface area contributed by atoms with E-state index in [-0.39, 0.29) is 11.9 Å². The Balaban J connectivity index is 1.97. The minimum atomic E-state index is -0.00253. The second kappa shape index (κ2) is 4.94. The molecule has 84 valence electrons. The second-order valence-electron chi connectivity index (χ2n) is 4.01. The van der Waals surface area contributed by atoms with Gasteiger partial charge in [0, 0.05) is 18.2 Å². The molecule has 1 aromatic carbocycles. The molecule has 0 heterocycles. The molecule has 1 amide bonds. The molecule has 3 N–H and O–H groups in total. The Labute approximate surface area is 95.3 Å². The third-order valence-corrected chi connectivity index (χ3v) is 2.79. The zero-order valence-corrected chi connectivity index (χ0v) is 9.15. The van der Waals surface area contributed by atoms with Crippen LogP contribution in [0, 0.1) is 0 Å². The smallest absolute Gasteiger partial charge is 0.251 e. The minimum Gasteiger partial charge on any atom is -0.349 e. The maximum absolute atomic E-state index is 11.8. The third kappa shape index (κ3) is 2.49. The molecule has 0 bridgehead atoms. The maximum Gasteiger partial charge on any atom is 0.251 e. The minimum absolute atomic E-state index is 0.00253. The normalized spacial score (nSPS) is 15.3. The standard InChI is InChI=1S/C13H16N2O/c14-9-10-5-7-11(8-6-10)13(16)15-12-3-1-2-4-12/h1-2,5-8,12H,3-4,9,14H2,(H,15,16). The van der Waals surface area contributed by atoms with E-state index in [0.717, 1.165) is 18.4 Å². The third-order valence-electron chi connectivity index (χ3n) is 2.79. The summed E-state index contributed by atoms with van der Waals surface area (Å²) in [6, 6.07) is 7.69. The van der Waals surface area contributed by atoms with Crippen LogP contribution in [0.4, 0.5) is 0 Å². The molecular formula is C13H16N2O. The van der Waals surface area contributed by atoms with Gasteiger partial charge in [-0.15, -0.1) is 0 Å². The first-order valence-corrected chi connectivity index (χ1v) is 5.54. The summed E-state index contributed by atoms with van der Waals surface area (Å²) in [4.78, 5) is 11.8. The number of nitrogens with one attached hydrogen (secondary N) is 1. The van der Waals surface area contributed by atoms with Crippen molar-refractivity contribution in [2.75, 3.05) is 0 Å². The average Bonchev–Trinajstić information content (AvgIpc) is 2.82. The largest absolute Gasteiger partial charge is 0.349 e. The molecule has 3 nitrogen and oxygen atoms in total. The summed E-state index contributed by atoms with van der Waals surface area (Å²) in [5.74, 6) is -0.00253. The van der Waals surface area contributed by atoms with E-state index in [9.17, 15) is 4.79 Å². The van der Waals surface area contributed by atoms with Crippen LogP contribution in [0.2, 0.25) is 0 Å². The van der Waals surface area contributed by atoms with Crippen LogP contribution in [0.5, 0.6) is 0 Å². The van der Waals surface area contributed by atoms with E-state index < -0.39 is 0 Å². The number of hydrogen-bond donors (Lipinski definition) is 2. The van der Waals surface area contributed by atoms with Gasteiger partial charge in [-0.25, -0.2) is 0 Å². The van der Waals surface area contributed by atoms with E-state index in [0.29, 0.717) is 12.1 Å². The lowest BCUT2D eigenvalue weighted by atomic mass is 10.1. The Hall–Kier alpha value is -1.61. The number of amides is 1. The highest BCUT2D eigenvalue weighted by Crippen LogP contribution is 2.11. The number of rotatable bonds is 3. The first kappa shape index (κ1) is 10.9.